The lowest BCUT2D eigenvalue weighted by atomic mass is 10.0. The first-order chi connectivity index (χ1) is 18.0. The van der Waals surface area contributed by atoms with Crippen molar-refractivity contribution >= 4 is 43.5 Å². The molecule has 0 unspecified atom stereocenters. The molecule has 0 saturated heterocycles. The first-order valence-electron chi connectivity index (χ1n) is 12.4. The Hall–Kier alpha value is -3.17. The number of amides is 2. The number of carbonyl (C=O) groups is 2. The summed E-state index contributed by atoms with van der Waals surface area (Å²) in [5.41, 5.74) is 3.68. The molecule has 202 valence electrons. The van der Waals surface area contributed by atoms with E-state index in [1.807, 2.05) is 93.6 Å². The summed E-state index contributed by atoms with van der Waals surface area (Å²) < 4.78 is 28.0. The number of nitrogens with one attached hydrogen (secondary N) is 1. The Labute approximate surface area is 234 Å². The molecule has 0 aliphatic rings. The highest BCUT2D eigenvalue weighted by Crippen LogP contribution is 2.27. The van der Waals surface area contributed by atoms with Crippen molar-refractivity contribution < 1.29 is 18.0 Å². The number of halogens is 1. The van der Waals surface area contributed by atoms with Crippen LogP contribution >= 0.6 is 15.9 Å². The van der Waals surface area contributed by atoms with Crippen LogP contribution in [0.5, 0.6) is 0 Å². The zero-order chi connectivity index (χ0) is 27.9. The molecule has 0 heterocycles. The Bertz CT molecular complexity index is 1340. The molecule has 7 nitrogen and oxygen atoms in total. The number of sulfonamides is 1. The average Bonchev–Trinajstić information content (AvgIpc) is 2.86. The number of hydrogen-bond donors (Lipinski definition) is 1. The second-order valence-electron chi connectivity index (χ2n) is 9.26. The molecule has 0 aliphatic heterocycles. The van der Waals surface area contributed by atoms with Gasteiger partial charge < -0.3 is 10.2 Å². The average molecular weight is 601 g/mol. The molecular formula is C29H34BrN3O4S. The van der Waals surface area contributed by atoms with E-state index < -0.39 is 28.5 Å². The number of likely N-dealkylation sites (N-methyl/N-ethyl adjacent to an activating group) is 1. The fourth-order valence-electron chi connectivity index (χ4n) is 4.41. The van der Waals surface area contributed by atoms with Gasteiger partial charge in [0.05, 0.1) is 11.9 Å². The van der Waals surface area contributed by atoms with Crippen molar-refractivity contribution in [1.82, 2.24) is 10.2 Å². The highest BCUT2D eigenvalue weighted by atomic mass is 79.9. The Kier molecular flexibility index (Phi) is 10.1. The lowest BCUT2D eigenvalue weighted by Crippen LogP contribution is -2.53. The summed E-state index contributed by atoms with van der Waals surface area (Å²) in [7, 11) is -3.81. The number of nitrogens with zero attached hydrogens (tertiary/aromatic N) is 2. The SMILES string of the molecule is CCNC(=O)[C@H](Cc1ccccc1)N(Cc1ccc(Br)cc1)C(=O)CN(c1c(C)cccc1C)S(C)(=O)=O. The van der Waals surface area contributed by atoms with Crippen LogP contribution in [-0.2, 0) is 32.6 Å². The molecule has 0 spiro atoms. The monoisotopic (exact) mass is 599 g/mol. The summed E-state index contributed by atoms with van der Waals surface area (Å²) in [6.45, 7) is 5.58. The quantitative estimate of drug-likeness (QED) is 0.349. The van der Waals surface area contributed by atoms with Gasteiger partial charge in [-0.15, -0.1) is 0 Å². The van der Waals surface area contributed by atoms with Crippen LogP contribution < -0.4 is 9.62 Å². The van der Waals surface area contributed by atoms with Gasteiger partial charge in [-0.3, -0.25) is 13.9 Å². The first kappa shape index (κ1) is 29.4. The van der Waals surface area contributed by atoms with E-state index in [1.54, 1.807) is 0 Å². The van der Waals surface area contributed by atoms with E-state index in [2.05, 4.69) is 21.2 Å². The van der Waals surface area contributed by atoms with Crippen LogP contribution in [0.3, 0.4) is 0 Å². The number of para-hydroxylation sites is 1. The predicted octanol–water partition coefficient (Wildman–Crippen LogP) is 4.61. The molecule has 0 saturated carbocycles. The third kappa shape index (κ3) is 7.68. The maximum atomic E-state index is 14.0. The van der Waals surface area contributed by atoms with Gasteiger partial charge in [0.1, 0.15) is 12.6 Å². The third-order valence-electron chi connectivity index (χ3n) is 6.26. The molecule has 0 aromatic heterocycles. The van der Waals surface area contributed by atoms with Gasteiger partial charge in [-0.2, -0.15) is 0 Å². The topological polar surface area (TPSA) is 86.8 Å². The molecular weight excluding hydrogens is 566 g/mol. The summed E-state index contributed by atoms with van der Waals surface area (Å²) in [6, 6.07) is 21.6. The molecule has 1 atom stereocenters. The molecule has 0 bridgehead atoms. The van der Waals surface area contributed by atoms with Crippen LogP contribution in [0.15, 0.2) is 77.3 Å². The summed E-state index contributed by atoms with van der Waals surface area (Å²) in [5, 5.41) is 2.86. The number of anilines is 1. The van der Waals surface area contributed by atoms with Crippen LogP contribution in [0.4, 0.5) is 5.69 Å². The molecule has 1 N–H and O–H groups in total. The van der Waals surface area contributed by atoms with Gasteiger partial charge in [-0.1, -0.05) is 76.6 Å². The van der Waals surface area contributed by atoms with E-state index in [-0.39, 0.29) is 18.9 Å². The second kappa shape index (κ2) is 13.1. The number of benzene rings is 3. The maximum absolute atomic E-state index is 14.0. The predicted molar refractivity (Wildman–Crippen MR) is 155 cm³/mol. The molecule has 0 fully saturated rings. The Morgan fingerprint density at radius 3 is 2.05 bits per heavy atom. The number of hydrogen-bond acceptors (Lipinski definition) is 4. The Morgan fingerprint density at radius 2 is 1.50 bits per heavy atom. The molecule has 3 aromatic carbocycles. The van der Waals surface area contributed by atoms with Crippen LogP contribution in [0.1, 0.15) is 29.2 Å². The van der Waals surface area contributed by atoms with E-state index >= 15 is 0 Å². The second-order valence-corrected chi connectivity index (χ2v) is 12.1. The molecule has 3 aromatic rings. The van der Waals surface area contributed by atoms with E-state index in [4.69, 9.17) is 0 Å². The van der Waals surface area contributed by atoms with Gasteiger partial charge in [0.2, 0.25) is 21.8 Å². The van der Waals surface area contributed by atoms with E-state index in [9.17, 15) is 18.0 Å². The van der Waals surface area contributed by atoms with Crippen molar-refractivity contribution in [3.63, 3.8) is 0 Å². The Balaban J connectivity index is 2.07. The van der Waals surface area contributed by atoms with Crippen molar-refractivity contribution in [2.75, 3.05) is 23.7 Å². The van der Waals surface area contributed by atoms with Crippen LogP contribution in [0.25, 0.3) is 0 Å². The number of aryl methyl sites for hydroxylation is 2. The first-order valence-corrected chi connectivity index (χ1v) is 15.0. The zero-order valence-electron chi connectivity index (χ0n) is 22.1. The number of rotatable bonds is 11. The summed E-state index contributed by atoms with van der Waals surface area (Å²) in [5.74, 6) is -0.757. The van der Waals surface area contributed by atoms with Crippen molar-refractivity contribution in [2.24, 2.45) is 0 Å². The van der Waals surface area contributed by atoms with Crippen molar-refractivity contribution in [3.05, 3.63) is 99.5 Å². The highest BCUT2D eigenvalue weighted by Gasteiger charge is 2.33. The summed E-state index contributed by atoms with van der Waals surface area (Å²) in [6.07, 6.45) is 1.38. The van der Waals surface area contributed by atoms with E-state index in [0.717, 1.165) is 37.3 Å². The van der Waals surface area contributed by atoms with Crippen LogP contribution in [-0.4, -0.2) is 50.5 Å². The van der Waals surface area contributed by atoms with Gasteiger partial charge in [0.15, 0.2) is 0 Å². The Morgan fingerprint density at radius 1 is 0.895 bits per heavy atom. The zero-order valence-corrected chi connectivity index (χ0v) is 24.6. The highest BCUT2D eigenvalue weighted by molar-refractivity contribution is 9.10. The fraction of sp³-hybridized carbons (Fsp3) is 0.310. The summed E-state index contributed by atoms with van der Waals surface area (Å²) in [4.78, 5) is 28.9. The minimum absolute atomic E-state index is 0.144. The molecule has 0 radical (unpaired) electrons. The lowest BCUT2D eigenvalue weighted by Gasteiger charge is -2.34. The molecule has 3 rings (SSSR count). The summed E-state index contributed by atoms with van der Waals surface area (Å²) >= 11 is 3.43. The molecule has 2 amide bonds. The normalized spacial score (nSPS) is 12.0. The molecule has 0 aliphatic carbocycles. The van der Waals surface area contributed by atoms with E-state index in [1.165, 1.54) is 4.90 Å². The van der Waals surface area contributed by atoms with Gasteiger partial charge in [-0.05, 0) is 55.2 Å². The van der Waals surface area contributed by atoms with Gasteiger partial charge in [-0.25, -0.2) is 8.42 Å². The third-order valence-corrected chi connectivity index (χ3v) is 7.90. The standard InChI is InChI=1S/C29H34BrN3O4S/c1-5-31-29(35)26(18-23-12-7-6-8-13-23)32(19-24-14-16-25(30)17-15-24)27(34)20-33(38(4,36)37)28-21(2)10-9-11-22(28)3/h6-17,26H,5,18-20H2,1-4H3,(H,31,35)/t26-/m0/s1. The van der Waals surface area contributed by atoms with Crippen LogP contribution in [0, 0.1) is 13.8 Å². The van der Waals surface area contributed by atoms with Crippen molar-refractivity contribution in [3.8, 4) is 0 Å². The van der Waals surface area contributed by atoms with Crippen molar-refractivity contribution in [2.45, 2.75) is 39.8 Å². The minimum Gasteiger partial charge on any atom is -0.355 e. The lowest BCUT2D eigenvalue weighted by molar-refractivity contribution is -0.140. The van der Waals surface area contributed by atoms with Gasteiger partial charge >= 0.3 is 0 Å². The maximum Gasteiger partial charge on any atom is 0.244 e. The molecule has 38 heavy (non-hydrogen) atoms. The van der Waals surface area contributed by atoms with Crippen molar-refractivity contribution in [1.29, 1.82) is 0 Å². The van der Waals surface area contributed by atoms with Crippen LogP contribution in [0.2, 0.25) is 0 Å². The van der Waals surface area contributed by atoms with E-state index in [0.29, 0.717) is 12.2 Å². The minimum atomic E-state index is -3.81. The molecule has 9 heteroatoms. The smallest absolute Gasteiger partial charge is 0.244 e. The largest absolute Gasteiger partial charge is 0.355 e. The number of carbonyl (C=O) groups excluding carboxylic acids is 2. The van der Waals surface area contributed by atoms with Gasteiger partial charge in [0, 0.05) is 24.0 Å². The van der Waals surface area contributed by atoms with Gasteiger partial charge in [0.25, 0.3) is 0 Å². The fourth-order valence-corrected chi connectivity index (χ4v) is 5.64.